The molecule has 3 nitrogen and oxygen atoms in total. The predicted molar refractivity (Wildman–Crippen MR) is 60.1 cm³/mol. The summed E-state index contributed by atoms with van der Waals surface area (Å²) in [6.07, 6.45) is 2.41. The molecule has 1 aliphatic heterocycles. The number of likely N-dealkylation sites (tertiary alicyclic amines) is 1. The number of hydrogen-bond donors (Lipinski definition) is 1. The van der Waals surface area contributed by atoms with E-state index in [1.54, 1.807) is 12.1 Å². The fourth-order valence-corrected chi connectivity index (χ4v) is 2.51. The molecule has 4 heteroatoms. The molecule has 2 rings (SSSR count). The van der Waals surface area contributed by atoms with E-state index >= 15 is 0 Å². The van der Waals surface area contributed by atoms with Gasteiger partial charge in [0.25, 0.3) is 0 Å². The molecule has 0 amide bonds. The molecule has 82 valence electrons. The standard InChI is InChI=1S/C11H15NO2S/c1-12-8-2-3-11(12)9-4-6-10(7-5-9)15(13)14/h4-7,11H,2-3,8H2,1H3,(H,13,14). The fraction of sp³-hybridized carbons (Fsp3) is 0.455. The average molecular weight is 225 g/mol. The molecule has 1 fully saturated rings. The summed E-state index contributed by atoms with van der Waals surface area (Å²) in [6, 6.07) is 7.85. The van der Waals surface area contributed by atoms with Gasteiger partial charge in [-0.3, -0.25) is 4.90 Å². The highest BCUT2D eigenvalue weighted by Gasteiger charge is 2.22. The number of benzene rings is 1. The first kappa shape index (κ1) is 10.8. The minimum absolute atomic E-state index is 0.472. The molecule has 2 unspecified atom stereocenters. The minimum Gasteiger partial charge on any atom is -0.302 e. The maximum Gasteiger partial charge on any atom is 0.186 e. The van der Waals surface area contributed by atoms with Crippen LogP contribution in [0.25, 0.3) is 0 Å². The maximum atomic E-state index is 10.8. The second-order valence-corrected chi connectivity index (χ2v) is 4.93. The highest BCUT2D eigenvalue weighted by Crippen LogP contribution is 2.30. The summed E-state index contributed by atoms with van der Waals surface area (Å²) >= 11 is -1.86. The highest BCUT2D eigenvalue weighted by molar-refractivity contribution is 7.79. The van der Waals surface area contributed by atoms with Gasteiger partial charge in [0.2, 0.25) is 0 Å². The van der Waals surface area contributed by atoms with Gasteiger partial charge in [-0.2, -0.15) is 0 Å². The SMILES string of the molecule is CN1CCCC1c1ccc(S(=O)O)cc1. The van der Waals surface area contributed by atoms with Crippen molar-refractivity contribution in [2.24, 2.45) is 0 Å². The van der Waals surface area contributed by atoms with Crippen LogP contribution in [0.1, 0.15) is 24.4 Å². The van der Waals surface area contributed by atoms with Crippen molar-refractivity contribution in [3.8, 4) is 0 Å². The largest absolute Gasteiger partial charge is 0.302 e. The molecule has 1 aliphatic rings. The summed E-state index contributed by atoms with van der Waals surface area (Å²) in [5, 5.41) is 0. The zero-order chi connectivity index (χ0) is 10.8. The normalized spacial score (nSPS) is 24.3. The maximum absolute atomic E-state index is 10.8. The van der Waals surface area contributed by atoms with Gasteiger partial charge in [0.1, 0.15) is 0 Å². The molecule has 15 heavy (non-hydrogen) atoms. The lowest BCUT2D eigenvalue weighted by atomic mass is 10.1. The van der Waals surface area contributed by atoms with Gasteiger partial charge in [-0.25, -0.2) is 4.21 Å². The molecule has 1 N–H and O–H groups in total. The van der Waals surface area contributed by atoms with Gasteiger partial charge in [0.05, 0.1) is 4.90 Å². The molecule has 1 aromatic carbocycles. The quantitative estimate of drug-likeness (QED) is 0.783. The van der Waals surface area contributed by atoms with Gasteiger partial charge in [0, 0.05) is 6.04 Å². The first-order chi connectivity index (χ1) is 7.18. The van der Waals surface area contributed by atoms with Crippen LogP contribution in [0.2, 0.25) is 0 Å². The molecule has 0 aromatic heterocycles. The molecule has 0 radical (unpaired) electrons. The molecule has 1 aromatic rings. The second-order valence-electron chi connectivity index (χ2n) is 3.96. The van der Waals surface area contributed by atoms with Gasteiger partial charge >= 0.3 is 0 Å². The van der Waals surface area contributed by atoms with Crippen molar-refractivity contribution in [3.05, 3.63) is 29.8 Å². The van der Waals surface area contributed by atoms with E-state index in [1.165, 1.54) is 18.4 Å². The van der Waals surface area contributed by atoms with E-state index in [4.69, 9.17) is 4.55 Å². The first-order valence-electron chi connectivity index (χ1n) is 5.09. The summed E-state index contributed by atoms with van der Waals surface area (Å²) in [6.45, 7) is 1.14. The van der Waals surface area contributed by atoms with Crippen molar-refractivity contribution in [1.29, 1.82) is 0 Å². The number of hydrogen-bond acceptors (Lipinski definition) is 2. The highest BCUT2D eigenvalue weighted by atomic mass is 32.2. The Bertz CT molecular complexity index is 363. The van der Waals surface area contributed by atoms with E-state index in [0.717, 1.165) is 6.54 Å². The topological polar surface area (TPSA) is 40.5 Å². The predicted octanol–water partition coefficient (Wildman–Crippen LogP) is 2.03. The third-order valence-electron chi connectivity index (χ3n) is 2.99. The van der Waals surface area contributed by atoms with E-state index in [9.17, 15) is 4.21 Å². The summed E-state index contributed by atoms with van der Waals surface area (Å²) in [7, 11) is 2.12. The Labute approximate surface area is 92.4 Å². The van der Waals surface area contributed by atoms with Crippen LogP contribution in [-0.2, 0) is 11.1 Å². The van der Waals surface area contributed by atoms with E-state index in [2.05, 4.69) is 11.9 Å². The molecule has 0 spiro atoms. The van der Waals surface area contributed by atoms with Crippen LogP contribution < -0.4 is 0 Å². The zero-order valence-electron chi connectivity index (χ0n) is 8.72. The van der Waals surface area contributed by atoms with Gasteiger partial charge < -0.3 is 4.55 Å². The molecule has 2 atom stereocenters. The molecule has 0 bridgehead atoms. The number of rotatable bonds is 2. The average Bonchev–Trinajstić information content (AvgIpc) is 2.65. The van der Waals surface area contributed by atoms with Crippen molar-refractivity contribution in [2.75, 3.05) is 13.6 Å². The Balaban J connectivity index is 2.19. The Morgan fingerprint density at radius 2 is 2.07 bits per heavy atom. The minimum atomic E-state index is -1.86. The Morgan fingerprint density at radius 3 is 2.53 bits per heavy atom. The Morgan fingerprint density at radius 1 is 1.40 bits per heavy atom. The second kappa shape index (κ2) is 4.43. The molecular weight excluding hydrogens is 210 g/mol. The number of nitrogens with zero attached hydrogens (tertiary/aromatic N) is 1. The Hall–Kier alpha value is -0.710. The van der Waals surface area contributed by atoms with Crippen molar-refractivity contribution in [1.82, 2.24) is 4.90 Å². The summed E-state index contributed by atoms with van der Waals surface area (Å²) in [4.78, 5) is 2.80. The molecule has 0 saturated carbocycles. The van der Waals surface area contributed by atoms with Crippen LogP contribution in [0.5, 0.6) is 0 Å². The molecule has 0 aliphatic carbocycles. The third kappa shape index (κ3) is 2.27. The van der Waals surface area contributed by atoms with Gasteiger partial charge in [0.15, 0.2) is 11.1 Å². The van der Waals surface area contributed by atoms with Crippen molar-refractivity contribution in [3.63, 3.8) is 0 Å². The van der Waals surface area contributed by atoms with E-state index < -0.39 is 11.1 Å². The third-order valence-corrected chi connectivity index (χ3v) is 3.66. The van der Waals surface area contributed by atoms with E-state index in [0.29, 0.717) is 10.9 Å². The van der Waals surface area contributed by atoms with Crippen LogP contribution in [0.4, 0.5) is 0 Å². The van der Waals surface area contributed by atoms with Crippen LogP contribution in [0, 0.1) is 0 Å². The lowest BCUT2D eigenvalue weighted by Gasteiger charge is -2.19. The summed E-state index contributed by atoms with van der Waals surface area (Å²) in [5.41, 5.74) is 1.24. The van der Waals surface area contributed by atoms with Crippen LogP contribution in [0.15, 0.2) is 29.2 Å². The van der Waals surface area contributed by atoms with Crippen LogP contribution in [-0.4, -0.2) is 27.3 Å². The molecule has 1 heterocycles. The fourth-order valence-electron chi connectivity index (χ4n) is 2.14. The zero-order valence-corrected chi connectivity index (χ0v) is 9.54. The first-order valence-corrected chi connectivity index (χ1v) is 6.20. The summed E-state index contributed by atoms with van der Waals surface area (Å²) < 4.78 is 19.7. The lowest BCUT2D eigenvalue weighted by Crippen LogP contribution is -2.17. The van der Waals surface area contributed by atoms with E-state index in [-0.39, 0.29) is 0 Å². The van der Waals surface area contributed by atoms with Gasteiger partial charge in [-0.1, -0.05) is 12.1 Å². The van der Waals surface area contributed by atoms with Crippen LogP contribution in [0.3, 0.4) is 0 Å². The van der Waals surface area contributed by atoms with Crippen molar-refractivity contribution in [2.45, 2.75) is 23.8 Å². The Kier molecular flexibility index (Phi) is 3.19. The monoisotopic (exact) mass is 225 g/mol. The van der Waals surface area contributed by atoms with Crippen LogP contribution >= 0.6 is 0 Å². The van der Waals surface area contributed by atoms with Gasteiger partial charge in [-0.15, -0.1) is 0 Å². The lowest BCUT2D eigenvalue weighted by molar-refractivity contribution is 0.317. The molecule has 1 saturated heterocycles. The summed E-state index contributed by atoms with van der Waals surface area (Å²) in [5.74, 6) is 0. The van der Waals surface area contributed by atoms with Crippen molar-refractivity contribution < 1.29 is 8.76 Å². The van der Waals surface area contributed by atoms with Crippen molar-refractivity contribution >= 4 is 11.1 Å². The smallest absolute Gasteiger partial charge is 0.186 e. The van der Waals surface area contributed by atoms with E-state index in [1.807, 2.05) is 12.1 Å². The van der Waals surface area contributed by atoms with Gasteiger partial charge in [-0.05, 0) is 44.1 Å². The molecular formula is C11H15NO2S.